The van der Waals surface area contributed by atoms with Crippen LogP contribution in [0, 0.1) is 0 Å². The highest BCUT2D eigenvalue weighted by Crippen LogP contribution is 2.29. The number of aromatic nitrogens is 1. The van der Waals surface area contributed by atoms with Crippen LogP contribution in [0.5, 0.6) is 5.75 Å². The molecule has 0 bridgehead atoms. The van der Waals surface area contributed by atoms with E-state index in [1.165, 1.54) is 5.56 Å². The van der Waals surface area contributed by atoms with Gasteiger partial charge in [0, 0.05) is 6.54 Å². The monoisotopic (exact) mass is 312 g/mol. The van der Waals surface area contributed by atoms with Crippen LogP contribution in [0.3, 0.4) is 0 Å². The van der Waals surface area contributed by atoms with Gasteiger partial charge in [-0.15, -0.1) is 0 Å². The SMILES string of the molecule is CC(C)Oc1ccc2nc(NCCc3ccccc3)sc2c1. The molecule has 0 radical (unpaired) electrons. The minimum absolute atomic E-state index is 0.189. The Morgan fingerprint density at radius 2 is 1.95 bits per heavy atom. The summed E-state index contributed by atoms with van der Waals surface area (Å²) in [7, 11) is 0. The van der Waals surface area contributed by atoms with E-state index >= 15 is 0 Å². The fourth-order valence-corrected chi connectivity index (χ4v) is 3.20. The molecule has 0 aliphatic heterocycles. The van der Waals surface area contributed by atoms with Crippen molar-refractivity contribution in [3.8, 4) is 5.75 Å². The van der Waals surface area contributed by atoms with Crippen LogP contribution in [0.25, 0.3) is 10.2 Å². The first-order valence-electron chi connectivity index (χ1n) is 7.56. The lowest BCUT2D eigenvalue weighted by Gasteiger charge is -2.08. The Labute approximate surface area is 135 Å². The summed E-state index contributed by atoms with van der Waals surface area (Å²) in [6.45, 7) is 4.96. The molecule has 0 saturated heterocycles. The highest BCUT2D eigenvalue weighted by atomic mass is 32.1. The number of rotatable bonds is 6. The average molecular weight is 312 g/mol. The third-order valence-electron chi connectivity index (χ3n) is 3.26. The van der Waals surface area contributed by atoms with E-state index in [0.717, 1.165) is 34.1 Å². The molecule has 0 aliphatic rings. The van der Waals surface area contributed by atoms with Crippen molar-refractivity contribution in [1.82, 2.24) is 4.98 Å². The van der Waals surface area contributed by atoms with Crippen LogP contribution in [-0.2, 0) is 6.42 Å². The highest BCUT2D eigenvalue weighted by molar-refractivity contribution is 7.22. The molecule has 114 valence electrons. The van der Waals surface area contributed by atoms with Crippen LogP contribution < -0.4 is 10.1 Å². The van der Waals surface area contributed by atoms with Gasteiger partial charge in [-0.1, -0.05) is 41.7 Å². The van der Waals surface area contributed by atoms with E-state index in [4.69, 9.17) is 4.74 Å². The number of ether oxygens (including phenoxy) is 1. The Bertz CT molecular complexity index is 737. The Balaban J connectivity index is 1.64. The summed E-state index contributed by atoms with van der Waals surface area (Å²) in [5, 5.41) is 4.37. The zero-order chi connectivity index (χ0) is 15.4. The Kier molecular flexibility index (Phi) is 4.59. The number of anilines is 1. The van der Waals surface area contributed by atoms with Crippen LogP contribution >= 0.6 is 11.3 Å². The van der Waals surface area contributed by atoms with Crippen molar-refractivity contribution >= 4 is 26.7 Å². The number of nitrogens with zero attached hydrogens (tertiary/aromatic N) is 1. The van der Waals surface area contributed by atoms with E-state index in [9.17, 15) is 0 Å². The maximum absolute atomic E-state index is 5.73. The fraction of sp³-hybridized carbons (Fsp3) is 0.278. The van der Waals surface area contributed by atoms with Gasteiger partial charge >= 0.3 is 0 Å². The van der Waals surface area contributed by atoms with E-state index in [1.807, 2.05) is 32.0 Å². The number of hydrogen-bond donors (Lipinski definition) is 1. The zero-order valence-corrected chi connectivity index (χ0v) is 13.7. The molecule has 0 amide bonds. The maximum Gasteiger partial charge on any atom is 0.183 e. The van der Waals surface area contributed by atoms with E-state index < -0.39 is 0 Å². The molecule has 3 nitrogen and oxygen atoms in total. The van der Waals surface area contributed by atoms with Gasteiger partial charge in [-0.25, -0.2) is 4.98 Å². The molecule has 4 heteroatoms. The second-order valence-electron chi connectivity index (χ2n) is 5.48. The normalized spacial score (nSPS) is 11.0. The van der Waals surface area contributed by atoms with Crippen LogP contribution in [0.4, 0.5) is 5.13 Å². The van der Waals surface area contributed by atoms with Crippen molar-refractivity contribution in [2.75, 3.05) is 11.9 Å². The summed E-state index contributed by atoms with van der Waals surface area (Å²) in [4.78, 5) is 4.62. The van der Waals surface area contributed by atoms with E-state index in [0.29, 0.717) is 0 Å². The van der Waals surface area contributed by atoms with Crippen LogP contribution in [0.15, 0.2) is 48.5 Å². The molecule has 0 spiro atoms. The standard InChI is InChI=1S/C18H20N2OS/c1-13(2)21-15-8-9-16-17(12-15)22-18(20-16)19-11-10-14-6-4-3-5-7-14/h3-9,12-13H,10-11H2,1-2H3,(H,19,20). The second kappa shape index (κ2) is 6.79. The van der Waals surface area contributed by atoms with Gasteiger partial charge < -0.3 is 10.1 Å². The van der Waals surface area contributed by atoms with Crippen molar-refractivity contribution < 1.29 is 4.74 Å². The molecule has 2 aromatic carbocycles. The van der Waals surface area contributed by atoms with Crippen molar-refractivity contribution in [3.05, 3.63) is 54.1 Å². The van der Waals surface area contributed by atoms with Gasteiger partial charge in [0.2, 0.25) is 0 Å². The predicted molar refractivity (Wildman–Crippen MR) is 94.0 cm³/mol. The largest absolute Gasteiger partial charge is 0.491 e. The summed E-state index contributed by atoms with van der Waals surface area (Å²) in [5.74, 6) is 0.905. The molecule has 3 rings (SSSR count). The summed E-state index contributed by atoms with van der Waals surface area (Å²) in [6.07, 6.45) is 1.19. The minimum atomic E-state index is 0.189. The molecule has 3 aromatic rings. The summed E-state index contributed by atoms with van der Waals surface area (Å²) in [6, 6.07) is 16.6. The molecule has 0 fully saturated rings. The molecule has 1 aromatic heterocycles. The number of hydrogen-bond acceptors (Lipinski definition) is 4. The van der Waals surface area contributed by atoms with Gasteiger partial charge in [0.15, 0.2) is 5.13 Å². The summed E-state index contributed by atoms with van der Waals surface area (Å²) >= 11 is 1.67. The number of thiazole rings is 1. The molecule has 0 atom stereocenters. The van der Waals surface area contributed by atoms with Gasteiger partial charge in [0.05, 0.1) is 16.3 Å². The van der Waals surface area contributed by atoms with E-state index in [2.05, 4.69) is 40.6 Å². The average Bonchev–Trinajstić information content (AvgIpc) is 2.89. The van der Waals surface area contributed by atoms with Gasteiger partial charge in [0.25, 0.3) is 0 Å². The molecule has 1 N–H and O–H groups in total. The highest BCUT2D eigenvalue weighted by Gasteiger charge is 2.06. The molecule has 1 heterocycles. The molecular weight excluding hydrogens is 292 g/mol. The smallest absolute Gasteiger partial charge is 0.183 e. The molecular formula is C18H20N2OS. The molecule has 0 aliphatic carbocycles. The van der Waals surface area contributed by atoms with Crippen LogP contribution in [0.1, 0.15) is 19.4 Å². The van der Waals surface area contributed by atoms with E-state index in [1.54, 1.807) is 11.3 Å². The first-order chi connectivity index (χ1) is 10.7. The fourth-order valence-electron chi connectivity index (χ4n) is 2.28. The number of fused-ring (bicyclic) bond motifs is 1. The second-order valence-corrected chi connectivity index (χ2v) is 6.51. The Morgan fingerprint density at radius 1 is 1.14 bits per heavy atom. The van der Waals surface area contributed by atoms with Crippen molar-refractivity contribution in [2.45, 2.75) is 26.4 Å². The molecule has 0 unspecified atom stereocenters. The number of nitrogens with one attached hydrogen (secondary N) is 1. The Hall–Kier alpha value is -2.07. The third kappa shape index (κ3) is 3.77. The van der Waals surface area contributed by atoms with Crippen LogP contribution in [0.2, 0.25) is 0 Å². The lowest BCUT2D eigenvalue weighted by molar-refractivity contribution is 0.243. The van der Waals surface area contributed by atoms with Gasteiger partial charge in [-0.3, -0.25) is 0 Å². The lowest BCUT2D eigenvalue weighted by atomic mass is 10.2. The summed E-state index contributed by atoms with van der Waals surface area (Å²) < 4.78 is 6.88. The van der Waals surface area contributed by atoms with Gasteiger partial charge in [-0.05, 0) is 44.0 Å². The van der Waals surface area contributed by atoms with Crippen molar-refractivity contribution in [2.24, 2.45) is 0 Å². The maximum atomic E-state index is 5.73. The topological polar surface area (TPSA) is 34.1 Å². The molecule has 0 saturated carbocycles. The van der Waals surface area contributed by atoms with E-state index in [-0.39, 0.29) is 6.10 Å². The third-order valence-corrected chi connectivity index (χ3v) is 4.24. The van der Waals surface area contributed by atoms with Gasteiger partial charge in [0.1, 0.15) is 5.75 Å². The van der Waals surface area contributed by atoms with Gasteiger partial charge in [-0.2, -0.15) is 0 Å². The van der Waals surface area contributed by atoms with Crippen molar-refractivity contribution in [1.29, 1.82) is 0 Å². The van der Waals surface area contributed by atoms with Crippen molar-refractivity contribution in [3.63, 3.8) is 0 Å². The Morgan fingerprint density at radius 3 is 2.73 bits per heavy atom. The predicted octanol–water partition coefficient (Wildman–Crippen LogP) is 4.74. The lowest BCUT2D eigenvalue weighted by Crippen LogP contribution is -2.04. The first kappa shape index (κ1) is 14.9. The summed E-state index contributed by atoms with van der Waals surface area (Å²) in [5.41, 5.74) is 2.35. The van der Waals surface area contributed by atoms with Crippen LogP contribution in [-0.4, -0.2) is 17.6 Å². The molecule has 22 heavy (non-hydrogen) atoms. The zero-order valence-electron chi connectivity index (χ0n) is 12.9. The number of benzene rings is 2. The first-order valence-corrected chi connectivity index (χ1v) is 8.37. The minimum Gasteiger partial charge on any atom is -0.491 e. The quantitative estimate of drug-likeness (QED) is 0.714.